The Bertz CT molecular complexity index is 705. The Labute approximate surface area is 148 Å². The monoisotopic (exact) mass is 340 g/mol. The van der Waals surface area contributed by atoms with E-state index < -0.39 is 0 Å². The first-order chi connectivity index (χ1) is 12.1. The third-order valence-electron chi connectivity index (χ3n) is 5.96. The maximum absolute atomic E-state index is 12.8. The van der Waals surface area contributed by atoms with Crippen molar-refractivity contribution in [1.29, 1.82) is 0 Å². The molecule has 3 amide bonds. The Balaban J connectivity index is 1.44. The summed E-state index contributed by atoms with van der Waals surface area (Å²) < 4.78 is 0. The Hall–Kier alpha value is -2.17. The molecule has 5 heteroatoms. The lowest BCUT2D eigenvalue weighted by atomic mass is 9.81. The van der Waals surface area contributed by atoms with Gasteiger partial charge >= 0.3 is 0 Å². The number of hydrogen-bond acceptors (Lipinski definition) is 3. The zero-order valence-corrected chi connectivity index (χ0v) is 14.6. The highest BCUT2D eigenvalue weighted by Crippen LogP contribution is 2.38. The van der Waals surface area contributed by atoms with E-state index in [9.17, 15) is 14.4 Å². The molecule has 4 rings (SSSR count). The van der Waals surface area contributed by atoms with Gasteiger partial charge in [-0.05, 0) is 37.8 Å². The van der Waals surface area contributed by atoms with Crippen molar-refractivity contribution in [2.45, 2.75) is 51.5 Å². The molecular weight excluding hydrogens is 316 g/mol. The second-order valence-electron chi connectivity index (χ2n) is 7.52. The molecule has 2 aliphatic heterocycles. The Kier molecular flexibility index (Phi) is 4.10. The fourth-order valence-electron chi connectivity index (χ4n) is 4.72. The van der Waals surface area contributed by atoms with E-state index in [4.69, 9.17) is 0 Å². The Morgan fingerprint density at radius 1 is 1.08 bits per heavy atom. The minimum Gasteiger partial charge on any atom is -0.309 e. The standard InChI is InChI=1S/C20H24N2O3/c1-13-12-14-6-2-5-9-17(14)22(13)18(23)10-11-21-19(24)15-7-3-4-8-16(15)20(21)25/h2,5-6,9,13,15-16H,3-4,7-8,10-12H2,1H3/t13-,15+,16+/m1/s1. The average Bonchev–Trinajstić information content (AvgIpc) is 3.08. The second kappa shape index (κ2) is 6.28. The van der Waals surface area contributed by atoms with Crippen molar-refractivity contribution >= 4 is 23.4 Å². The molecule has 3 atom stereocenters. The number of fused-ring (bicyclic) bond motifs is 2. The number of carbonyl (C=O) groups excluding carboxylic acids is 3. The van der Waals surface area contributed by atoms with Gasteiger partial charge < -0.3 is 4.90 Å². The molecule has 1 saturated carbocycles. The molecule has 1 aliphatic carbocycles. The largest absolute Gasteiger partial charge is 0.309 e. The van der Waals surface area contributed by atoms with Gasteiger partial charge in [0.25, 0.3) is 0 Å². The maximum atomic E-state index is 12.8. The SMILES string of the molecule is C[C@@H]1Cc2ccccc2N1C(=O)CCN1C(=O)[C@H]2CCCC[C@@H]2C1=O. The van der Waals surface area contributed by atoms with Crippen molar-refractivity contribution in [1.82, 2.24) is 4.90 Å². The van der Waals surface area contributed by atoms with Gasteiger partial charge in [-0.15, -0.1) is 0 Å². The van der Waals surface area contributed by atoms with Crippen molar-refractivity contribution < 1.29 is 14.4 Å². The van der Waals surface area contributed by atoms with Gasteiger partial charge in [0, 0.05) is 24.7 Å². The molecule has 2 fully saturated rings. The van der Waals surface area contributed by atoms with Gasteiger partial charge in [0.15, 0.2) is 0 Å². The molecular formula is C20H24N2O3. The first-order valence-electron chi connectivity index (χ1n) is 9.33. The number of para-hydroxylation sites is 1. The molecule has 1 saturated heterocycles. The van der Waals surface area contributed by atoms with Gasteiger partial charge in [-0.2, -0.15) is 0 Å². The summed E-state index contributed by atoms with van der Waals surface area (Å²) in [6, 6.07) is 8.07. The van der Waals surface area contributed by atoms with Gasteiger partial charge in [0.05, 0.1) is 11.8 Å². The van der Waals surface area contributed by atoms with E-state index in [1.165, 1.54) is 10.5 Å². The van der Waals surface area contributed by atoms with Crippen LogP contribution in [0.1, 0.15) is 44.6 Å². The van der Waals surface area contributed by atoms with Gasteiger partial charge in [0.1, 0.15) is 0 Å². The lowest BCUT2D eigenvalue weighted by molar-refractivity contribution is -0.140. The van der Waals surface area contributed by atoms with Crippen LogP contribution in [-0.2, 0) is 20.8 Å². The van der Waals surface area contributed by atoms with Gasteiger partial charge in [-0.25, -0.2) is 0 Å². The molecule has 0 aromatic heterocycles. The number of nitrogens with zero attached hydrogens (tertiary/aromatic N) is 2. The van der Waals surface area contributed by atoms with Crippen LogP contribution in [0.3, 0.4) is 0 Å². The van der Waals surface area contributed by atoms with Gasteiger partial charge in [0.2, 0.25) is 17.7 Å². The number of carbonyl (C=O) groups is 3. The van der Waals surface area contributed by atoms with Crippen LogP contribution in [0.15, 0.2) is 24.3 Å². The van der Waals surface area contributed by atoms with Crippen LogP contribution in [0.25, 0.3) is 0 Å². The van der Waals surface area contributed by atoms with Crippen LogP contribution in [0.4, 0.5) is 5.69 Å². The fourth-order valence-corrected chi connectivity index (χ4v) is 4.72. The van der Waals surface area contributed by atoms with Crippen molar-refractivity contribution in [3.8, 4) is 0 Å². The number of imide groups is 1. The molecule has 0 N–H and O–H groups in total. The quantitative estimate of drug-likeness (QED) is 0.795. The molecule has 1 aromatic carbocycles. The first-order valence-corrected chi connectivity index (χ1v) is 9.33. The lowest BCUT2D eigenvalue weighted by Gasteiger charge is -2.24. The van der Waals surface area contributed by atoms with Crippen LogP contribution >= 0.6 is 0 Å². The molecule has 0 bridgehead atoms. The zero-order valence-electron chi connectivity index (χ0n) is 14.6. The summed E-state index contributed by atoms with van der Waals surface area (Å²) >= 11 is 0. The van der Waals surface area contributed by atoms with E-state index in [0.29, 0.717) is 0 Å². The molecule has 1 aromatic rings. The zero-order chi connectivity index (χ0) is 17.6. The summed E-state index contributed by atoms with van der Waals surface area (Å²) in [4.78, 5) is 41.0. The van der Waals surface area contributed by atoms with E-state index in [1.54, 1.807) is 0 Å². The fraction of sp³-hybridized carbons (Fsp3) is 0.550. The maximum Gasteiger partial charge on any atom is 0.233 e. The van der Waals surface area contributed by atoms with Crippen LogP contribution < -0.4 is 4.90 Å². The minimum atomic E-state index is -0.136. The summed E-state index contributed by atoms with van der Waals surface area (Å²) in [5, 5.41) is 0. The van der Waals surface area contributed by atoms with Crippen molar-refractivity contribution in [2.24, 2.45) is 11.8 Å². The third kappa shape index (κ3) is 2.66. The second-order valence-corrected chi connectivity index (χ2v) is 7.52. The number of benzene rings is 1. The number of likely N-dealkylation sites (tertiary alicyclic amines) is 1. The van der Waals surface area contributed by atoms with E-state index in [1.807, 2.05) is 30.0 Å². The topological polar surface area (TPSA) is 57.7 Å². The van der Waals surface area contributed by atoms with Crippen molar-refractivity contribution in [3.63, 3.8) is 0 Å². The summed E-state index contributed by atoms with van der Waals surface area (Å²) in [5.74, 6) is -0.395. The van der Waals surface area contributed by atoms with Crippen LogP contribution in [-0.4, -0.2) is 35.2 Å². The lowest BCUT2D eigenvalue weighted by Crippen LogP contribution is -2.39. The Morgan fingerprint density at radius 3 is 2.40 bits per heavy atom. The third-order valence-corrected chi connectivity index (χ3v) is 5.96. The van der Waals surface area contributed by atoms with Gasteiger partial charge in [-0.1, -0.05) is 31.0 Å². The van der Waals surface area contributed by atoms with E-state index in [0.717, 1.165) is 37.8 Å². The van der Waals surface area contributed by atoms with E-state index in [2.05, 4.69) is 6.07 Å². The van der Waals surface area contributed by atoms with Crippen molar-refractivity contribution in [2.75, 3.05) is 11.4 Å². The number of anilines is 1. The molecule has 2 heterocycles. The molecule has 3 aliphatic rings. The molecule has 0 spiro atoms. The summed E-state index contributed by atoms with van der Waals surface area (Å²) in [6.45, 7) is 2.26. The van der Waals surface area contributed by atoms with Crippen molar-refractivity contribution in [3.05, 3.63) is 29.8 Å². The average molecular weight is 340 g/mol. The minimum absolute atomic E-state index is 0.00655. The summed E-state index contributed by atoms with van der Waals surface area (Å²) in [5.41, 5.74) is 2.15. The summed E-state index contributed by atoms with van der Waals surface area (Å²) in [6.07, 6.45) is 4.74. The van der Waals surface area contributed by atoms with Crippen LogP contribution in [0.5, 0.6) is 0 Å². The predicted octanol–water partition coefficient (Wildman–Crippen LogP) is 2.53. The van der Waals surface area contributed by atoms with Crippen LogP contribution in [0.2, 0.25) is 0 Å². The van der Waals surface area contributed by atoms with E-state index in [-0.39, 0.29) is 48.6 Å². The van der Waals surface area contributed by atoms with Crippen LogP contribution in [0, 0.1) is 11.8 Å². The Morgan fingerprint density at radius 2 is 1.72 bits per heavy atom. The molecule has 25 heavy (non-hydrogen) atoms. The number of hydrogen-bond donors (Lipinski definition) is 0. The first kappa shape index (κ1) is 16.3. The van der Waals surface area contributed by atoms with E-state index >= 15 is 0 Å². The normalized spacial score (nSPS) is 28.3. The molecule has 0 radical (unpaired) electrons. The predicted molar refractivity (Wildman–Crippen MR) is 93.9 cm³/mol. The molecule has 132 valence electrons. The highest BCUT2D eigenvalue weighted by Gasteiger charge is 2.48. The number of amides is 3. The number of rotatable bonds is 3. The highest BCUT2D eigenvalue weighted by atomic mass is 16.2. The summed E-state index contributed by atoms with van der Waals surface area (Å²) in [7, 11) is 0. The smallest absolute Gasteiger partial charge is 0.233 e. The molecule has 5 nitrogen and oxygen atoms in total. The molecule has 0 unspecified atom stereocenters. The highest BCUT2D eigenvalue weighted by molar-refractivity contribution is 6.05. The van der Waals surface area contributed by atoms with Gasteiger partial charge in [-0.3, -0.25) is 19.3 Å².